The van der Waals surface area contributed by atoms with Crippen molar-refractivity contribution in [3.63, 3.8) is 0 Å². The molecular weight excluding hydrogens is 405 g/mol. The molecule has 144 valence electrons. The van der Waals surface area contributed by atoms with E-state index >= 15 is 0 Å². The van der Waals surface area contributed by atoms with Gasteiger partial charge in [0, 0.05) is 18.2 Å². The number of aromatic nitrogens is 1. The fourth-order valence-corrected chi connectivity index (χ4v) is 3.73. The van der Waals surface area contributed by atoms with Crippen LogP contribution in [0, 0.1) is 5.92 Å². The molecule has 1 unspecified atom stereocenters. The number of nitrogens with two attached hydrogens (primary N) is 1. The van der Waals surface area contributed by atoms with Crippen molar-refractivity contribution in [2.24, 2.45) is 11.7 Å². The Hall–Kier alpha value is -1.86. The molecule has 1 saturated carbocycles. The summed E-state index contributed by atoms with van der Waals surface area (Å²) < 4.78 is 5.44. The summed E-state index contributed by atoms with van der Waals surface area (Å²) in [7, 11) is 0. The highest BCUT2D eigenvalue weighted by Crippen LogP contribution is 2.34. The zero-order chi connectivity index (χ0) is 17.2. The number of benzene rings is 1. The van der Waals surface area contributed by atoms with Crippen molar-refractivity contribution in [2.45, 2.75) is 18.9 Å². The molecule has 0 aliphatic heterocycles. The zero-order valence-electron chi connectivity index (χ0n) is 14.5. The first-order valence-corrected chi connectivity index (χ1v) is 9.18. The Labute approximate surface area is 174 Å². The average molecular weight is 426 g/mol. The predicted octanol–water partition coefficient (Wildman–Crippen LogP) is 4.38. The summed E-state index contributed by atoms with van der Waals surface area (Å²) >= 11 is 1.34. The number of thiazole rings is 1. The monoisotopic (exact) mass is 425 g/mol. The van der Waals surface area contributed by atoms with E-state index in [1.54, 1.807) is 6.26 Å². The van der Waals surface area contributed by atoms with Gasteiger partial charge in [0.2, 0.25) is 0 Å². The maximum atomic E-state index is 12.7. The molecule has 27 heavy (non-hydrogen) atoms. The van der Waals surface area contributed by atoms with Gasteiger partial charge in [-0.05, 0) is 30.9 Å². The van der Waals surface area contributed by atoms with Crippen LogP contribution >= 0.6 is 36.2 Å². The molecule has 2 heterocycles. The Bertz CT molecular complexity index is 864. The fourth-order valence-electron chi connectivity index (χ4n) is 2.75. The molecule has 0 radical (unpaired) electrons. The number of amides is 1. The lowest BCUT2D eigenvalue weighted by molar-refractivity contribution is 0.0955. The number of hydrogen-bond acceptors (Lipinski definition) is 5. The first-order chi connectivity index (χ1) is 12.2. The molecule has 3 aromatic rings. The van der Waals surface area contributed by atoms with Crippen LogP contribution in [0.4, 0.5) is 0 Å². The van der Waals surface area contributed by atoms with Gasteiger partial charge in [0.05, 0.1) is 12.0 Å². The van der Waals surface area contributed by atoms with Gasteiger partial charge in [0.15, 0.2) is 10.8 Å². The third-order valence-electron chi connectivity index (χ3n) is 4.34. The number of hydrogen-bond donors (Lipinski definition) is 2. The van der Waals surface area contributed by atoms with Gasteiger partial charge in [-0.2, -0.15) is 0 Å². The minimum atomic E-state index is -0.134. The largest absolute Gasteiger partial charge is 0.462 e. The van der Waals surface area contributed by atoms with Crippen LogP contribution in [0.3, 0.4) is 0 Å². The van der Waals surface area contributed by atoms with E-state index in [1.165, 1.54) is 11.3 Å². The van der Waals surface area contributed by atoms with Gasteiger partial charge < -0.3 is 15.5 Å². The lowest BCUT2D eigenvalue weighted by Crippen LogP contribution is -2.38. The van der Waals surface area contributed by atoms with E-state index in [9.17, 15) is 4.79 Å². The summed E-state index contributed by atoms with van der Waals surface area (Å²) in [6.45, 7) is 0.492. The highest BCUT2D eigenvalue weighted by atomic mass is 35.5. The van der Waals surface area contributed by atoms with Crippen LogP contribution in [-0.2, 0) is 0 Å². The minimum absolute atomic E-state index is 0. The van der Waals surface area contributed by atoms with Gasteiger partial charge in [-0.3, -0.25) is 4.79 Å². The van der Waals surface area contributed by atoms with Crippen LogP contribution < -0.4 is 11.1 Å². The molecule has 1 amide bonds. The van der Waals surface area contributed by atoms with Crippen LogP contribution in [0.2, 0.25) is 0 Å². The third kappa shape index (κ3) is 4.90. The second kappa shape index (κ2) is 9.37. The quantitative estimate of drug-likeness (QED) is 0.613. The fraction of sp³-hybridized carbons (Fsp3) is 0.263. The van der Waals surface area contributed by atoms with E-state index in [0.717, 1.165) is 18.4 Å². The number of halogens is 2. The van der Waals surface area contributed by atoms with E-state index in [4.69, 9.17) is 10.2 Å². The van der Waals surface area contributed by atoms with Crippen molar-refractivity contribution < 1.29 is 9.21 Å². The molecule has 1 atom stereocenters. The lowest BCUT2D eigenvalue weighted by Gasteiger charge is -2.11. The Morgan fingerprint density at radius 2 is 1.96 bits per heavy atom. The van der Waals surface area contributed by atoms with Gasteiger partial charge in [-0.1, -0.05) is 30.3 Å². The van der Waals surface area contributed by atoms with Crippen LogP contribution in [0.15, 0.2) is 53.1 Å². The topological polar surface area (TPSA) is 81.1 Å². The second-order valence-electron chi connectivity index (χ2n) is 6.25. The molecule has 1 aliphatic rings. The number of rotatable bonds is 6. The van der Waals surface area contributed by atoms with Crippen LogP contribution in [-0.4, -0.2) is 23.5 Å². The summed E-state index contributed by atoms with van der Waals surface area (Å²) in [5.74, 6) is 1.08. The standard InChI is InChI=1S/C19H19N3O2S.2ClH/c20-14(12-8-9-12)11-21-18(23)17-16(13-5-2-1-3-6-13)22-19(25-17)15-7-4-10-24-15;;/h1-7,10,12,14H,8-9,11,20H2,(H,21,23);2*1H. The summed E-state index contributed by atoms with van der Waals surface area (Å²) in [4.78, 5) is 18.0. The number of carbonyl (C=O) groups excluding carboxylic acids is 1. The van der Waals surface area contributed by atoms with Crippen LogP contribution in [0.25, 0.3) is 22.0 Å². The Morgan fingerprint density at radius 1 is 1.22 bits per heavy atom. The molecule has 0 bridgehead atoms. The Kier molecular flexibility index (Phi) is 7.44. The Morgan fingerprint density at radius 3 is 2.59 bits per heavy atom. The SMILES string of the molecule is Cl.Cl.NC(CNC(=O)c1sc(-c2ccco2)nc1-c1ccccc1)C1CC1. The summed E-state index contributed by atoms with van der Waals surface area (Å²) in [6.07, 6.45) is 3.93. The predicted molar refractivity (Wildman–Crippen MR) is 113 cm³/mol. The molecule has 0 saturated heterocycles. The van der Waals surface area contributed by atoms with Gasteiger partial charge in [-0.15, -0.1) is 36.2 Å². The van der Waals surface area contributed by atoms with Gasteiger partial charge in [-0.25, -0.2) is 4.98 Å². The number of carbonyl (C=O) groups is 1. The first-order valence-electron chi connectivity index (χ1n) is 8.36. The van der Waals surface area contributed by atoms with Crippen molar-refractivity contribution in [2.75, 3.05) is 6.54 Å². The molecule has 8 heteroatoms. The maximum Gasteiger partial charge on any atom is 0.263 e. The molecule has 3 N–H and O–H groups in total. The van der Waals surface area contributed by atoms with E-state index in [1.807, 2.05) is 42.5 Å². The summed E-state index contributed by atoms with van der Waals surface area (Å²) in [5.41, 5.74) is 7.68. The molecule has 1 aliphatic carbocycles. The van der Waals surface area contributed by atoms with Crippen molar-refractivity contribution in [3.05, 3.63) is 53.6 Å². The lowest BCUT2D eigenvalue weighted by atomic mass is 10.1. The van der Waals surface area contributed by atoms with Crippen molar-refractivity contribution in [1.82, 2.24) is 10.3 Å². The van der Waals surface area contributed by atoms with Crippen LogP contribution in [0.5, 0.6) is 0 Å². The van der Waals surface area contributed by atoms with E-state index in [2.05, 4.69) is 10.3 Å². The normalized spacial score (nSPS) is 14.0. The molecule has 1 aromatic carbocycles. The van der Waals surface area contributed by atoms with Crippen molar-refractivity contribution in [3.8, 4) is 22.0 Å². The van der Waals surface area contributed by atoms with Crippen molar-refractivity contribution >= 4 is 42.1 Å². The van der Waals surface area contributed by atoms with Gasteiger partial charge in [0.25, 0.3) is 5.91 Å². The van der Waals surface area contributed by atoms with Crippen molar-refractivity contribution in [1.29, 1.82) is 0 Å². The smallest absolute Gasteiger partial charge is 0.263 e. The first kappa shape index (κ1) is 21.4. The highest BCUT2D eigenvalue weighted by molar-refractivity contribution is 7.17. The maximum absolute atomic E-state index is 12.7. The second-order valence-corrected chi connectivity index (χ2v) is 7.25. The highest BCUT2D eigenvalue weighted by Gasteiger charge is 2.29. The molecule has 2 aromatic heterocycles. The number of nitrogens with one attached hydrogen (secondary N) is 1. The number of nitrogens with zero attached hydrogens (tertiary/aromatic N) is 1. The molecule has 4 rings (SSSR count). The minimum Gasteiger partial charge on any atom is -0.462 e. The van der Waals surface area contributed by atoms with E-state index in [-0.39, 0.29) is 36.8 Å². The summed E-state index contributed by atoms with van der Waals surface area (Å²) in [5, 5.41) is 3.66. The van der Waals surface area contributed by atoms with Gasteiger partial charge in [0.1, 0.15) is 4.88 Å². The van der Waals surface area contributed by atoms with E-state index in [0.29, 0.717) is 33.8 Å². The number of furan rings is 1. The average Bonchev–Trinajstić information content (AvgIpc) is 3.18. The Balaban J connectivity index is 0.00000131. The molecule has 0 spiro atoms. The molecular formula is C19H21Cl2N3O2S. The van der Waals surface area contributed by atoms with Gasteiger partial charge >= 0.3 is 0 Å². The molecule has 1 fully saturated rings. The summed E-state index contributed by atoms with van der Waals surface area (Å²) in [6, 6.07) is 13.4. The van der Waals surface area contributed by atoms with Crippen LogP contribution in [0.1, 0.15) is 22.5 Å². The zero-order valence-corrected chi connectivity index (χ0v) is 16.9. The third-order valence-corrected chi connectivity index (χ3v) is 5.41. The van der Waals surface area contributed by atoms with E-state index < -0.39 is 0 Å². The molecule has 5 nitrogen and oxygen atoms in total.